The second-order valence-electron chi connectivity index (χ2n) is 4.93. The van der Waals surface area contributed by atoms with Crippen molar-refractivity contribution < 1.29 is 4.74 Å². The first-order valence-corrected chi connectivity index (χ1v) is 7.59. The van der Waals surface area contributed by atoms with E-state index in [1.54, 1.807) is 13.3 Å². The number of aromatic nitrogens is 1. The molecule has 1 aromatic carbocycles. The van der Waals surface area contributed by atoms with Crippen molar-refractivity contribution in [2.45, 2.75) is 25.8 Å². The van der Waals surface area contributed by atoms with Crippen LogP contribution in [0.3, 0.4) is 0 Å². The van der Waals surface area contributed by atoms with Gasteiger partial charge in [-0.25, -0.2) is 0 Å². The van der Waals surface area contributed by atoms with Crippen LogP contribution < -0.4 is 10.1 Å². The lowest BCUT2D eigenvalue weighted by Gasteiger charge is -2.20. The molecule has 0 amide bonds. The predicted molar refractivity (Wildman–Crippen MR) is 87.0 cm³/mol. The van der Waals surface area contributed by atoms with Gasteiger partial charge in [0.2, 0.25) is 0 Å². The number of rotatable bonds is 7. The van der Waals surface area contributed by atoms with Gasteiger partial charge in [-0.05, 0) is 49.2 Å². The molecule has 112 valence electrons. The van der Waals surface area contributed by atoms with E-state index in [4.69, 9.17) is 16.3 Å². The van der Waals surface area contributed by atoms with E-state index in [-0.39, 0.29) is 6.04 Å². The lowest BCUT2D eigenvalue weighted by molar-refractivity contribution is 0.393. The maximum absolute atomic E-state index is 6.08. The normalized spacial score (nSPS) is 12.1. The van der Waals surface area contributed by atoms with Crippen molar-refractivity contribution in [3.05, 3.63) is 58.9 Å². The number of ether oxygens (including phenoxy) is 1. The molecule has 1 unspecified atom stereocenters. The minimum Gasteiger partial charge on any atom is -0.495 e. The summed E-state index contributed by atoms with van der Waals surface area (Å²) >= 11 is 6.08. The first-order chi connectivity index (χ1) is 10.2. The summed E-state index contributed by atoms with van der Waals surface area (Å²) in [6.07, 6.45) is 3.70. The van der Waals surface area contributed by atoms with E-state index in [1.807, 2.05) is 30.3 Å². The van der Waals surface area contributed by atoms with Crippen molar-refractivity contribution in [2.24, 2.45) is 0 Å². The molecule has 1 N–H and O–H groups in total. The maximum atomic E-state index is 6.08. The van der Waals surface area contributed by atoms with E-state index in [0.717, 1.165) is 35.9 Å². The van der Waals surface area contributed by atoms with Gasteiger partial charge >= 0.3 is 0 Å². The third-order valence-electron chi connectivity index (χ3n) is 3.32. The first-order valence-electron chi connectivity index (χ1n) is 7.21. The summed E-state index contributed by atoms with van der Waals surface area (Å²) in [4.78, 5) is 4.50. The van der Waals surface area contributed by atoms with Crippen LogP contribution in [0.2, 0.25) is 5.02 Å². The highest BCUT2D eigenvalue weighted by atomic mass is 35.5. The highest BCUT2D eigenvalue weighted by molar-refractivity contribution is 6.30. The van der Waals surface area contributed by atoms with Crippen LogP contribution in [0, 0.1) is 0 Å². The summed E-state index contributed by atoms with van der Waals surface area (Å²) in [5.74, 6) is 0.813. The molecule has 0 aliphatic rings. The van der Waals surface area contributed by atoms with Gasteiger partial charge in [-0.1, -0.05) is 30.7 Å². The quantitative estimate of drug-likeness (QED) is 0.838. The zero-order valence-electron chi connectivity index (χ0n) is 12.5. The molecule has 1 heterocycles. The summed E-state index contributed by atoms with van der Waals surface area (Å²) in [7, 11) is 1.68. The Kier molecular flexibility index (Phi) is 6.03. The minimum atomic E-state index is 0.111. The molecule has 0 spiro atoms. The Morgan fingerprint density at radius 3 is 2.86 bits per heavy atom. The Balaban J connectivity index is 2.25. The largest absolute Gasteiger partial charge is 0.495 e. The molecule has 3 nitrogen and oxygen atoms in total. The second kappa shape index (κ2) is 8.01. The summed E-state index contributed by atoms with van der Waals surface area (Å²) < 4.78 is 5.44. The highest BCUT2D eigenvalue weighted by Gasteiger charge is 2.17. The van der Waals surface area contributed by atoms with Gasteiger partial charge < -0.3 is 10.1 Å². The molecule has 0 saturated heterocycles. The Labute approximate surface area is 131 Å². The molecule has 0 aliphatic heterocycles. The van der Waals surface area contributed by atoms with Crippen molar-refractivity contribution >= 4 is 11.6 Å². The Morgan fingerprint density at radius 2 is 2.14 bits per heavy atom. The van der Waals surface area contributed by atoms with Gasteiger partial charge in [0.1, 0.15) is 5.75 Å². The molecule has 4 heteroatoms. The van der Waals surface area contributed by atoms with Crippen molar-refractivity contribution in [1.29, 1.82) is 0 Å². The van der Waals surface area contributed by atoms with Crippen molar-refractivity contribution in [2.75, 3.05) is 13.7 Å². The van der Waals surface area contributed by atoms with Crippen molar-refractivity contribution in [1.82, 2.24) is 10.3 Å². The van der Waals surface area contributed by atoms with Crippen LogP contribution in [0.1, 0.15) is 30.6 Å². The molecule has 0 radical (unpaired) electrons. The SMILES string of the molecule is CCCNC(Cc1cccc(Cl)c1)c1ncccc1OC. The molecule has 0 fully saturated rings. The summed E-state index contributed by atoms with van der Waals surface area (Å²) in [5.41, 5.74) is 2.12. The average molecular weight is 305 g/mol. The van der Waals surface area contributed by atoms with Crippen molar-refractivity contribution in [3.8, 4) is 5.75 Å². The zero-order chi connectivity index (χ0) is 15.1. The summed E-state index contributed by atoms with van der Waals surface area (Å²) in [5, 5.41) is 4.30. The molecule has 21 heavy (non-hydrogen) atoms. The van der Waals surface area contributed by atoms with E-state index in [9.17, 15) is 0 Å². The van der Waals surface area contributed by atoms with Gasteiger partial charge in [-0.2, -0.15) is 0 Å². The smallest absolute Gasteiger partial charge is 0.141 e. The summed E-state index contributed by atoms with van der Waals surface area (Å²) in [6.45, 7) is 3.09. The Hall–Kier alpha value is -1.58. The van der Waals surface area contributed by atoms with Gasteiger partial charge in [0.15, 0.2) is 0 Å². The van der Waals surface area contributed by atoms with Crippen LogP contribution in [0.15, 0.2) is 42.6 Å². The van der Waals surface area contributed by atoms with Gasteiger partial charge in [-0.3, -0.25) is 4.98 Å². The molecular formula is C17H21ClN2O. The number of pyridine rings is 1. The van der Waals surface area contributed by atoms with Gasteiger partial charge in [0.05, 0.1) is 18.8 Å². The van der Waals surface area contributed by atoms with Gasteiger partial charge in [0.25, 0.3) is 0 Å². The van der Waals surface area contributed by atoms with E-state index >= 15 is 0 Å². The number of methoxy groups -OCH3 is 1. The molecule has 2 rings (SSSR count). The number of halogens is 1. The fraction of sp³-hybridized carbons (Fsp3) is 0.353. The van der Waals surface area contributed by atoms with Crippen molar-refractivity contribution in [3.63, 3.8) is 0 Å². The summed E-state index contributed by atoms with van der Waals surface area (Å²) in [6, 6.07) is 11.9. The molecule has 1 aromatic heterocycles. The molecule has 0 bridgehead atoms. The van der Waals surface area contributed by atoms with Gasteiger partial charge in [0, 0.05) is 11.2 Å². The third kappa shape index (κ3) is 4.45. The fourth-order valence-corrected chi connectivity index (χ4v) is 2.53. The topological polar surface area (TPSA) is 34.2 Å². The number of hydrogen-bond donors (Lipinski definition) is 1. The first kappa shape index (κ1) is 15.8. The highest BCUT2D eigenvalue weighted by Crippen LogP contribution is 2.26. The fourth-order valence-electron chi connectivity index (χ4n) is 2.32. The number of nitrogens with zero attached hydrogens (tertiary/aromatic N) is 1. The van der Waals surface area contributed by atoms with Crippen LogP contribution in [-0.2, 0) is 6.42 Å². The molecular weight excluding hydrogens is 284 g/mol. The van der Waals surface area contributed by atoms with Crippen LogP contribution >= 0.6 is 11.6 Å². The van der Waals surface area contributed by atoms with Gasteiger partial charge in [-0.15, -0.1) is 0 Å². The second-order valence-corrected chi connectivity index (χ2v) is 5.37. The average Bonchev–Trinajstić information content (AvgIpc) is 2.51. The molecule has 1 atom stereocenters. The zero-order valence-corrected chi connectivity index (χ0v) is 13.2. The third-order valence-corrected chi connectivity index (χ3v) is 3.55. The monoisotopic (exact) mass is 304 g/mol. The van der Waals surface area contributed by atoms with Crippen LogP contribution in [-0.4, -0.2) is 18.6 Å². The van der Waals surface area contributed by atoms with E-state index in [1.165, 1.54) is 5.56 Å². The molecule has 0 aliphatic carbocycles. The maximum Gasteiger partial charge on any atom is 0.141 e. The number of nitrogens with one attached hydrogen (secondary N) is 1. The number of hydrogen-bond acceptors (Lipinski definition) is 3. The van der Waals surface area contributed by atoms with Crippen LogP contribution in [0.25, 0.3) is 0 Å². The minimum absolute atomic E-state index is 0.111. The molecule has 2 aromatic rings. The number of benzene rings is 1. The lowest BCUT2D eigenvalue weighted by Crippen LogP contribution is -2.25. The molecule has 0 saturated carbocycles. The Bertz CT molecular complexity index is 574. The lowest BCUT2D eigenvalue weighted by atomic mass is 10.0. The van der Waals surface area contributed by atoms with E-state index in [2.05, 4.69) is 23.3 Å². The predicted octanol–water partition coefficient (Wildman–Crippen LogP) is 4.03. The Morgan fingerprint density at radius 1 is 1.29 bits per heavy atom. The van der Waals surface area contributed by atoms with E-state index in [0.29, 0.717) is 0 Å². The standard InChI is InChI=1S/C17H21ClN2O/c1-3-9-19-15(12-13-6-4-7-14(18)11-13)17-16(21-2)8-5-10-20-17/h4-8,10-11,15,19H,3,9,12H2,1-2H3. The van der Waals surface area contributed by atoms with Crippen LogP contribution in [0.5, 0.6) is 5.75 Å². The van der Waals surface area contributed by atoms with Crippen LogP contribution in [0.4, 0.5) is 0 Å². The van der Waals surface area contributed by atoms with E-state index < -0.39 is 0 Å².